The average Bonchev–Trinajstić information content (AvgIpc) is 2.97. The van der Waals surface area contributed by atoms with Crippen LogP contribution in [0.4, 0.5) is 5.69 Å². The van der Waals surface area contributed by atoms with E-state index in [0.717, 1.165) is 31.5 Å². The Balaban J connectivity index is 2.26. The first kappa shape index (κ1) is 17.4. The maximum atomic E-state index is 11.9. The van der Waals surface area contributed by atoms with Gasteiger partial charge in [0.25, 0.3) is 0 Å². The van der Waals surface area contributed by atoms with E-state index in [1.54, 1.807) is 39.0 Å². The Morgan fingerprint density at radius 1 is 1.35 bits per heavy atom. The maximum absolute atomic E-state index is 11.9. The van der Waals surface area contributed by atoms with Gasteiger partial charge in [-0.25, -0.2) is 4.79 Å². The number of hydrogen-bond donors (Lipinski definition) is 1. The highest BCUT2D eigenvalue weighted by Crippen LogP contribution is 2.26. The fraction of sp³-hybridized carbons (Fsp3) is 0.588. The molecule has 0 aromatic heterocycles. The first-order chi connectivity index (χ1) is 10.9. The third kappa shape index (κ3) is 5.32. The second kappa shape index (κ2) is 7.55. The van der Waals surface area contributed by atoms with Gasteiger partial charge in [0, 0.05) is 19.5 Å². The van der Waals surface area contributed by atoms with Crippen LogP contribution in [0.5, 0.6) is 0 Å². The van der Waals surface area contributed by atoms with E-state index in [1.807, 2.05) is 5.01 Å². The number of carbonyl (C=O) groups is 1. The van der Waals surface area contributed by atoms with E-state index in [9.17, 15) is 9.90 Å². The van der Waals surface area contributed by atoms with Crippen LogP contribution >= 0.6 is 0 Å². The molecule has 126 valence electrons. The molecule has 1 aliphatic heterocycles. The zero-order valence-electron chi connectivity index (χ0n) is 14.1. The van der Waals surface area contributed by atoms with Gasteiger partial charge in [-0.2, -0.15) is 0 Å². The Bertz CT molecular complexity index is 573. The lowest BCUT2D eigenvalue weighted by Gasteiger charge is -2.18. The van der Waals surface area contributed by atoms with Crippen molar-refractivity contribution in [3.8, 4) is 0 Å². The molecule has 0 bridgehead atoms. The highest BCUT2D eigenvalue weighted by molar-refractivity contribution is 5.90. The largest absolute Gasteiger partial charge is 0.462 e. The minimum atomic E-state index is -0.898. The van der Waals surface area contributed by atoms with Gasteiger partial charge < -0.3 is 9.84 Å². The van der Waals surface area contributed by atoms with Crippen molar-refractivity contribution < 1.29 is 14.6 Å². The quantitative estimate of drug-likeness (QED) is 0.645. The van der Waals surface area contributed by atoms with Gasteiger partial charge in [-0.15, -0.1) is 5.11 Å². The SMILES string of the molecule is CCOC(=O)c1ccc(N=NN2CCCC2)c(CC(C)(C)O)c1. The number of nitrogens with zero attached hydrogens (tertiary/aromatic N) is 3. The second-order valence-electron chi connectivity index (χ2n) is 6.40. The smallest absolute Gasteiger partial charge is 0.338 e. The molecule has 2 rings (SSSR count). The molecule has 1 N–H and O–H groups in total. The third-order valence-electron chi connectivity index (χ3n) is 3.58. The highest BCUT2D eigenvalue weighted by atomic mass is 16.5. The molecular formula is C17H25N3O3. The Labute approximate surface area is 137 Å². The van der Waals surface area contributed by atoms with Crippen LogP contribution in [0.25, 0.3) is 0 Å². The van der Waals surface area contributed by atoms with Gasteiger partial charge >= 0.3 is 5.97 Å². The van der Waals surface area contributed by atoms with Crippen LogP contribution in [0.2, 0.25) is 0 Å². The summed E-state index contributed by atoms with van der Waals surface area (Å²) in [5, 5.41) is 20.6. The fourth-order valence-electron chi connectivity index (χ4n) is 2.53. The van der Waals surface area contributed by atoms with Crippen LogP contribution in [-0.4, -0.2) is 41.4 Å². The molecule has 6 heteroatoms. The maximum Gasteiger partial charge on any atom is 0.338 e. The number of ether oxygens (including phenoxy) is 1. The summed E-state index contributed by atoms with van der Waals surface area (Å²) in [6, 6.07) is 5.17. The minimum absolute atomic E-state index is 0.329. The first-order valence-electron chi connectivity index (χ1n) is 8.08. The Hall–Kier alpha value is -1.95. The standard InChI is InChI=1S/C17H25N3O3/c1-4-23-16(21)13-7-8-15(14(11-13)12-17(2,3)22)18-19-20-9-5-6-10-20/h7-8,11,22H,4-6,9-10,12H2,1-3H3. The van der Waals surface area contributed by atoms with E-state index in [4.69, 9.17) is 4.74 Å². The summed E-state index contributed by atoms with van der Waals surface area (Å²) in [6.07, 6.45) is 2.66. The fourth-order valence-corrected chi connectivity index (χ4v) is 2.53. The third-order valence-corrected chi connectivity index (χ3v) is 3.58. The van der Waals surface area contributed by atoms with Gasteiger partial charge in [-0.1, -0.05) is 5.22 Å². The predicted octanol–water partition coefficient (Wildman–Crippen LogP) is 3.27. The molecule has 6 nitrogen and oxygen atoms in total. The van der Waals surface area contributed by atoms with E-state index >= 15 is 0 Å². The topological polar surface area (TPSA) is 74.5 Å². The normalized spacial score (nSPS) is 15.4. The predicted molar refractivity (Wildman–Crippen MR) is 87.7 cm³/mol. The molecule has 0 unspecified atom stereocenters. The van der Waals surface area contributed by atoms with Crippen molar-refractivity contribution in [2.45, 2.75) is 45.6 Å². The van der Waals surface area contributed by atoms with Gasteiger partial charge in [0.1, 0.15) is 0 Å². The van der Waals surface area contributed by atoms with Crippen molar-refractivity contribution in [1.82, 2.24) is 5.01 Å². The number of rotatable bonds is 6. The van der Waals surface area contributed by atoms with E-state index in [2.05, 4.69) is 10.3 Å². The van der Waals surface area contributed by atoms with Crippen LogP contribution in [0, 0.1) is 0 Å². The monoisotopic (exact) mass is 319 g/mol. The van der Waals surface area contributed by atoms with Gasteiger partial charge in [-0.05, 0) is 57.4 Å². The molecule has 23 heavy (non-hydrogen) atoms. The molecule has 1 fully saturated rings. The molecule has 1 saturated heterocycles. The zero-order valence-corrected chi connectivity index (χ0v) is 14.1. The molecule has 0 spiro atoms. The summed E-state index contributed by atoms with van der Waals surface area (Å²) < 4.78 is 5.03. The van der Waals surface area contributed by atoms with Crippen LogP contribution in [0.1, 0.15) is 49.5 Å². The summed E-state index contributed by atoms with van der Waals surface area (Å²) >= 11 is 0. The van der Waals surface area contributed by atoms with Crippen LogP contribution in [-0.2, 0) is 11.2 Å². The minimum Gasteiger partial charge on any atom is -0.462 e. The number of esters is 1. The summed E-state index contributed by atoms with van der Waals surface area (Å²) in [5.74, 6) is -0.368. The second-order valence-corrected chi connectivity index (χ2v) is 6.40. The summed E-state index contributed by atoms with van der Waals surface area (Å²) in [7, 11) is 0. The summed E-state index contributed by atoms with van der Waals surface area (Å²) in [6.45, 7) is 7.40. The first-order valence-corrected chi connectivity index (χ1v) is 8.08. The number of hydrogen-bond acceptors (Lipinski definition) is 5. The Kier molecular flexibility index (Phi) is 5.71. The molecule has 0 amide bonds. The van der Waals surface area contributed by atoms with Crippen LogP contribution in [0.15, 0.2) is 28.5 Å². The Morgan fingerprint density at radius 2 is 2.04 bits per heavy atom. The molecule has 0 aliphatic carbocycles. The highest BCUT2D eigenvalue weighted by Gasteiger charge is 2.19. The lowest BCUT2D eigenvalue weighted by Crippen LogP contribution is -2.22. The molecule has 0 atom stereocenters. The number of aliphatic hydroxyl groups is 1. The zero-order chi connectivity index (χ0) is 16.9. The molecule has 1 heterocycles. The van der Waals surface area contributed by atoms with Crippen molar-refractivity contribution in [2.24, 2.45) is 10.3 Å². The van der Waals surface area contributed by atoms with E-state index in [0.29, 0.717) is 24.3 Å². The lowest BCUT2D eigenvalue weighted by molar-refractivity contribution is 0.0525. The molecular weight excluding hydrogens is 294 g/mol. The van der Waals surface area contributed by atoms with Crippen molar-refractivity contribution in [3.63, 3.8) is 0 Å². The van der Waals surface area contributed by atoms with Gasteiger partial charge in [0.15, 0.2) is 0 Å². The lowest BCUT2D eigenvalue weighted by atomic mass is 9.96. The van der Waals surface area contributed by atoms with Crippen molar-refractivity contribution in [2.75, 3.05) is 19.7 Å². The van der Waals surface area contributed by atoms with Crippen LogP contribution in [0.3, 0.4) is 0 Å². The van der Waals surface area contributed by atoms with Crippen LogP contribution < -0.4 is 0 Å². The molecule has 0 saturated carbocycles. The van der Waals surface area contributed by atoms with Gasteiger partial charge in [-0.3, -0.25) is 5.01 Å². The number of carbonyl (C=O) groups excluding carboxylic acids is 1. The Morgan fingerprint density at radius 3 is 2.65 bits per heavy atom. The summed E-state index contributed by atoms with van der Waals surface area (Å²) in [4.78, 5) is 11.9. The van der Waals surface area contributed by atoms with Gasteiger partial charge in [0.2, 0.25) is 0 Å². The van der Waals surface area contributed by atoms with Crippen molar-refractivity contribution in [3.05, 3.63) is 29.3 Å². The number of benzene rings is 1. The van der Waals surface area contributed by atoms with E-state index < -0.39 is 5.60 Å². The summed E-state index contributed by atoms with van der Waals surface area (Å²) in [5.41, 5.74) is 1.02. The van der Waals surface area contributed by atoms with E-state index in [-0.39, 0.29) is 5.97 Å². The molecule has 1 aromatic carbocycles. The van der Waals surface area contributed by atoms with Crippen molar-refractivity contribution in [1.29, 1.82) is 0 Å². The molecule has 1 aromatic rings. The van der Waals surface area contributed by atoms with Crippen molar-refractivity contribution >= 4 is 11.7 Å². The van der Waals surface area contributed by atoms with E-state index in [1.165, 1.54) is 0 Å². The molecule has 0 radical (unpaired) electrons. The molecule has 1 aliphatic rings. The average molecular weight is 319 g/mol. The van der Waals surface area contributed by atoms with Gasteiger partial charge in [0.05, 0.1) is 23.5 Å².